The molecule has 0 saturated heterocycles. The van der Waals surface area contributed by atoms with Gasteiger partial charge in [-0.2, -0.15) is 0 Å². The predicted molar refractivity (Wildman–Crippen MR) is 51.5 cm³/mol. The number of aromatic nitrogens is 2. The number of para-hydroxylation sites is 1. The van der Waals surface area contributed by atoms with Crippen molar-refractivity contribution in [2.45, 2.75) is 0 Å². The fourth-order valence-electron chi connectivity index (χ4n) is 1.22. The number of aromatic carboxylic acids is 1. The van der Waals surface area contributed by atoms with Crippen LogP contribution in [0.4, 0.5) is 0 Å². The molecule has 0 unspecified atom stereocenters. The summed E-state index contributed by atoms with van der Waals surface area (Å²) in [5.41, 5.74) is 0.430. The third-order valence-corrected chi connectivity index (χ3v) is 2.12. The van der Waals surface area contributed by atoms with E-state index in [4.69, 9.17) is 16.7 Å². The minimum absolute atomic E-state index is 0.0301. The van der Waals surface area contributed by atoms with E-state index in [-0.39, 0.29) is 5.69 Å². The number of hydrogen-bond donors (Lipinski definition) is 1. The zero-order valence-electron chi connectivity index (χ0n) is 6.94. The van der Waals surface area contributed by atoms with E-state index in [1.165, 1.54) is 6.33 Å². The van der Waals surface area contributed by atoms with Crippen LogP contribution in [0.2, 0.25) is 5.02 Å². The summed E-state index contributed by atoms with van der Waals surface area (Å²) in [6.07, 6.45) is 1.19. The largest absolute Gasteiger partial charge is 0.476 e. The molecule has 0 spiro atoms. The summed E-state index contributed by atoms with van der Waals surface area (Å²) >= 11 is 5.85. The van der Waals surface area contributed by atoms with Crippen molar-refractivity contribution in [3.05, 3.63) is 35.2 Å². The highest BCUT2D eigenvalue weighted by Gasteiger charge is 2.11. The van der Waals surface area contributed by atoms with Crippen LogP contribution in [0.3, 0.4) is 0 Å². The molecule has 1 aromatic heterocycles. The maximum Gasteiger partial charge on any atom is 0.355 e. The summed E-state index contributed by atoms with van der Waals surface area (Å²) in [4.78, 5) is 18.4. The molecule has 1 N–H and O–H groups in total. The van der Waals surface area contributed by atoms with Crippen LogP contribution in [0.25, 0.3) is 10.9 Å². The van der Waals surface area contributed by atoms with Gasteiger partial charge in [0.15, 0.2) is 5.69 Å². The molecular weight excluding hydrogens is 204 g/mol. The van der Waals surface area contributed by atoms with Crippen molar-refractivity contribution >= 4 is 28.5 Å². The van der Waals surface area contributed by atoms with E-state index in [1.807, 2.05) is 0 Å². The van der Waals surface area contributed by atoms with Crippen molar-refractivity contribution in [2.24, 2.45) is 0 Å². The van der Waals surface area contributed by atoms with Gasteiger partial charge in [-0.15, -0.1) is 0 Å². The van der Waals surface area contributed by atoms with Gasteiger partial charge in [0, 0.05) is 5.39 Å². The van der Waals surface area contributed by atoms with Gasteiger partial charge in [-0.1, -0.05) is 23.7 Å². The number of rotatable bonds is 1. The highest BCUT2D eigenvalue weighted by Crippen LogP contribution is 2.22. The van der Waals surface area contributed by atoms with E-state index in [9.17, 15) is 4.79 Å². The Morgan fingerprint density at radius 2 is 2.14 bits per heavy atom. The first-order chi connectivity index (χ1) is 6.70. The maximum atomic E-state index is 10.8. The first kappa shape index (κ1) is 8.90. The molecule has 0 saturated carbocycles. The summed E-state index contributed by atoms with van der Waals surface area (Å²) < 4.78 is 0. The van der Waals surface area contributed by atoms with Gasteiger partial charge in [-0.25, -0.2) is 14.8 Å². The lowest BCUT2D eigenvalue weighted by molar-refractivity contribution is 0.0692. The quantitative estimate of drug-likeness (QED) is 0.779. The van der Waals surface area contributed by atoms with Crippen LogP contribution in [-0.2, 0) is 0 Å². The number of fused-ring (bicyclic) bond motifs is 1. The van der Waals surface area contributed by atoms with E-state index < -0.39 is 5.97 Å². The second-order valence-corrected chi connectivity index (χ2v) is 3.07. The number of nitrogens with zero attached hydrogens (tertiary/aromatic N) is 2. The molecule has 0 fully saturated rings. The van der Waals surface area contributed by atoms with Crippen molar-refractivity contribution in [1.82, 2.24) is 9.97 Å². The molecule has 1 aromatic carbocycles. The van der Waals surface area contributed by atoms with Gasteiger partial charge < -0.3 is 5.11 Å². The highest BCUT2D eigenvalue weighted by molar-refractivity contribution is 6.35. The van der Waals surface area contributed by atoms with Crippen LogP contribution in [0.1, 0.15) is 10.5 Å². The van der Waals surface area contributed by atoms with Crippen LogP contribution >= 0.6 is 11.6 Å². The van der Waals surface area contributed by atoms with Gasteiger partial charge in [0.25, 0.3) is 0 Å². The molecule has 0 bridgehead atoms. The van der Waals surface area contributed by atoms with Gasteiger partial charge in [-0.05, 0) is 6.07 Å². The van der Waals surface area contributed by atoms with E-state index in [0.29, 0.717) is 15.9 Å². The van der Waals surface area contributed by atoms with Crippen molar-refractivity contribution < 1.29 is 9.90 Å². The SMILES string of the molecule is O=C(O)c1ncnc2c(Cl)cccc12. The monoisotopic (exact) mass is 208 g/mol. The van der Waals surface area contributed by atoms with Gasteiger partial charge in [-0.3, -0.25) is 0 Å². The van der Waals surface area contributed by atoms with E-state index >= 15 is 0 Å². The standard InChI is InChI=1S/C9H5ClN2O2/c10-6-3-1-2-5-7(6)11-4-12-8(5)9(13)14/h1-4H,(H,13,14). The summed E-state index contributed by atoms with van der Waals surface area (Å²) in [5.74, 6) is -1.08. The first-order valence-electron chi connectivity index (χ1n) is 3.82. The van der Waals surface area contributed by atoms with Crippen LogP contribution in [0.5, 0.6) is 0 Å². The van der Waals surface area contributed by atoms with Crippen molar-refractivity contribution in [1.29, 1.82) is 0 Å². The Morgan fingerprint density at radius 1 is 1.36 bits per heavy atom. The molecule has 70 valence electrons. The van der Waals surface area contributed by atoms with Crippen molar-refractivity contribution in [2.75, 3.05) is 0 Å². The predicted octanol–water partition coefficient (Wildman–Crippen LogP) is 1.98. The number of carbonyl (C=O) groups is 1. The Morgan fingerprint density at radius 3 is 2.86 bits per heavy atom. The maximum absolute atomic E-state index is 10.8. The molecule has 4 nitrogen and oxygen atoms in total. The average molecular weight is 209 g/mol. The van der Waals surface area contributed by atoms with Gasteiger partial charge in [0.2, 0.25) is 0 Å². The molecule has 5 heteroatoms. The molecule has 1 heterocycles. The number of carboxylic acid groups (broad SMARTS) is 1. The number of benzene rings is 1. The van der Waals surface area contributed by atoms with E-state index in [2.05, 4.69) is 9.97 Å². The van der Waals surface area contributed by atoms with Crippen LogP contribution in [0, 0.1) is 0 Å². The molecule has 0 aliphatic heterocycles. The molecular formula is C9H5ClN2O2. The van der Waals surface area contributed by atoms with Crippen molar-refractivity contribution in [3.63, 3.8) is 0 Å². The molecule has 0 amide bonds. The van der Waals surface area contributed by atoms with Crippen molar-refractivity contribution in [3.8, 4) is 0 Å². The lowest BCUT2D eigenvalue weighted by atomic mass is 10.2. The summed E-state index contributed by atoms with van der Waals surface area (Å²) in [7, 11) is 0. The first-order valence-corrected chi connectivity index (χ1v) is 4.20. The lowest BCUT2D eigenvalue weighted by Crippen LogP contribution is -2.01. The zero-order chi connectivity index (χ0) is 10.1. The summed E-state index contributed by atoms with van der Waals surface area (Å²) in [6.45, 7) is 0. The van der Waals surface area contributed by atoms with Crippen LogP contribution in [-0.4, -0.2) is 21.0 Å². The Kier molecular flexibility index (Phi) is 2.05. The smallest absolute Gasteiger partial charge is 0.355 e. The molecule has 14 heavy (non-hydrogen) atoms. The fourth-order valence-corrected chi connectivity index (χ4v) is 1.45. The Bertz CT molecular complexity index is 513. The molecule has 0 aliphatic carbocycles. The molecule has 0 radical (unpaired) electrons. The molecule has 0 aliphatic rings. The second-order valence-electron chi connectivity index (χ2n) is 2.66. The van der Waals surface area contributed by atoms with Crippen LogP contribution < -0.4 is 0 Å². The third-order valence-electron chi connectivity index (χ3n) is 1.82. The number of halogens is 1. The minimum Gasteiger partial charge on any atom is -0.476 e. The fraction of sp³-hybridized carbons (Fsp3) is 0. The number of hydrogen-bond acceptors (Lipinski definition) is 3. The molecule has 2 rings (SSSR count). The Hall–Kier alpha value is -1.68. The van der Waals surface area contributed by atoms with Gasteiger partial charge >= 0.3 is 5.97 Å². The third kappa shape index (κ3) is 1.29. The zero-order valence-corrected chi connectivity index (χ0v) is 7.69. The van der Waals surface area contributed by atoms with E-state index in [0.717, 1.165) is 0 Å². The average Bonchev–Trinajstić information content (AvgIpc) is 2.17. The Balaban J connectivity index is 2.88. The Labute approximate surface area is 84.2 Å². The van der Waals surface area contributed by atoms with E-state index in [1.54, 1.807) is 18.2 Å². The summed E-state index contributed by atoms with van der Waals surface area (Å²) in [5, 5.41) is 9.72. The topological polar surface area (TPSA) is 63.1 Å². The highest BCUT2D eigenvalue weighted by atomic mass is 35.5. The van der Waals surface area contributed by atoms with Gasteiger partial charge in [0.1, 0.15) is 6.33 Å². The minimum atomic E-state index is -1.08. The number of carboxylic acids is 1. The molecule has 0 atom stereocenters. The summed E-state index contributed by atoms with van der Waals surface area (Å²) in [6, 6.07) is 4.95. The van der Waals surface area contributed by atoms with Gasteiger partial charge in [0.05, 0.1) is 10.5 Å². The second kappa shape index (κ2) is 3.23. The molecule has 2 aromatic rings. The lowest BCUT2D eigenvalue weighted by Gasteiger charge is -2.00. The van der Waals surface area contributed by atoms with Crippen LogP contribution in [0.15, 0.2) is 24.5 Å². The normalized spacial score (nSPS) is 10.4.